The Bertz CT molecular complexity index is 830. The third kappa shape index (κ3) is 4.15. The van der Waals surface area contributed by atoms with Crippen molar-refractivity contribution in [1.82, 2.24) is 15.5 Å². The summed E-state index contributed by atoms with van der Waals surface area (Å²) in [5.41, 5.74) is 0.556. The van der Waals surface area contributed by atoms with Gasteiger partial charge in [0.05, 0.1) is 12.5 Å². The molecule has 1 saturated carbocycles. The van der Waals surface area contributed by atoms with Crippen LogP contribution >= 0.6 is 0 Å². The molecule has 162 valence electrons. The number of ether oxygens (including phenoxy) is 2. The fourth-order valence-corrected chi connectivity index (χ4v) is 4.48. The fraction of sp³-hybridized carbons (Fsp3) is 0.571. The van der Waals surface area contributed by atoms with E-state index >= 15 is 0 Å². The molecule has 30 heavy (non-hydrogen) atoms. The van der Waals surface area contributed by atoms with Crippen LogP contribution in [0.5, 0.6) is 11.5 Å². The Labute approximate surface area is 175 Å². The molecule has 9 nitrogen and oxygen atoms in total. The molecule has 0 bridgehead atoms. The molecule has 0 spiro atoms. The zero-order chi connectivity index (χ0) is 21.1. The maximum atomic E-state index is 12.8. The van der Waals surface area contributed by atoms with Crippen molar-refractivity contribution in [2.24, 2.45) is 0 Å². The van der Waals surface area contributed by atoms with Gasteiger partial charge in [-0.15, -0.1) is 0 Å². The van der Waals surface area contributed by atoms with Crippen molar-refractivity contribution in [2.75, 3.05) is 25.1 Å². The summed E-state index contributed by atoms with van der Waals surface area (Å²) in [6.45, 7) is 3.25. The van der Waals surface area contributed by atoms with Crippen LogP contribution in [0.2, 0.25) is 0 Å². The van der Waals surface area contributed by atoms with Crippen LogP contribution in [0.25, 0.3) is 0 Å². The van der Waals surface area contributed by atoms with Gasteiger partial charge in [-0.2, -0.15) is 0 Å². The third-order valence-corrected chi connectivity index (χ3v) is 5.82. The van der Waals surface area contributed by atoms with Crippen molar-refractivity contribution in [3.05, 3.63) is 18.2 Å². The van der Waals surface area contributed by atoms with Crippen molar-refractivity contribution >= 4 is 23.5 Å². The molecule has 4 amide bonds. The number of amides is 4. The average molecular weight is 416 g/mol. The fourth-order valence-electron chi connectivity index (χ4n) is 4.48. The Hall–Kier alpha value is -2.97. The number of nitrogens with zero attached hydrogens (tertiary/aromatic N) is 1. The van der Waals surface area contributed by atoms with Crippen LogP contribution in [0.3, 0.4) is 0 Å². The number of anilines is 1. The minimum Gasteiger partial charge on any atom is -0.486 e. The van der Waals surface area contributed by atoms with Crippen LogP contribution in [-0.4, -0.2) is 60.6 Å². The molecule has 9 heteroatoms. The summed E-state index contributed by atoms with van der Waals surface area (Å²) >= 11 is 0. The number of hydrogen-bond donors (Lipinski definition) is 3. The molecule has 4 rings (SSSR count). The highest BCUT2D eigenvalue weighted by Crippen LogP contribution is 2.33. The smallest absolute Gasteiger partial charge is 0.318 e. The first-order valence-corrected chi connectivity index (χ1v) is 10.6. The Morgan fingerprint density at radius 1 is 1.17 bits per heavy atom. The maximum absolute atomic E-state index is 12.8. The molecule has 1 aliphatic carbocycles. The lowest BCUT2D eigenvalue weighted by Crippen LogP contribution is -2.69. The molecule has 2 heterocycles. The maximum Gasteiger partial charge on any atom is 0.318 e. The molecule has 3 aliphatic rings. The zero-order valence-corrected chi connectivity index (χ0v) is 17.1. The minimum atomic E-state index is -0.840. The van der Waals surface area contributed by atoms with E-state index in [9.17, 15) is 14.4 Å². The topological polar surface area (TPSA) is 109 Å². The third-order valence-electron chi connectivity index (χ3n) is 5.82. The second-order valence-corrected chi connectivity index (χ2v) is 7.84. The monoisotopic (exact) mass is 416 g/mol. The van der Waals surface area contributed by atoms with Gasteiger partial charge in [0.2, 0.25) is 11.8 Å². The lowest BCUT2D eigenvalue weighted by atomic mass is 9.85. The van der Waals surface area contributed by atoms with E-state index in [1.807, 2.05) is 6.92 Å². The molecular weight excluding hydrogens is 388 g/mol. The summed E-state index contributed by atoms with van der Waals surface area (Å²) in [7, 11) is 0. The van der Waals surface area contributed by atoms with E-state index in [4.69, 9.17) is 9.47 Å². The first kappa shape index (κ1) is 20.3. The van der Waals surface area contributed by atoms with E-state index in [-0.39, 0.29) is 36.3 Å². The Kier molecular flexibility index (Phi) is 5.96. The number of rotatable bonds is 4. The number of carbonyl (C=O) groups is 3. The molecule has 1 aromatic rings. The first-order valence-electron chi connectivity index (χ1n) is 10.6. The van der Waals surface area contributed by atoms with Gasteiger partial charge >= 0.3 is 6.03 Å². The number of carbonyl (C=O) groups excluding carboxylic acids is 3. The van der Waals surface area contributed by atoms with Crippen LogP contribution in [0.15, 0.2) is 18.2 Å². The van der Waals surface area contributed by atoms with Crippen molar-refractivity contribution in [3.63, 3.8) is 0 Å². The van der Waals surface area contributed by atoms with Crippen LogP contribution < -0.4 is 25.4 Å². The van der Waals surface area contributed by atoms with E-state index < -0.39 is 6.04 Å². The predicted molar refractivity (Wildman–Crippen MR) is 110 cm³/mol. The molecule has 3 N–H and O–H groups in total. The second-order valence-electron chi connectivity index (χ2n) is 7.84. The van der Waals surface area contributed by atoms with Crippen LogP contribution in [0.1, 0.15) is 39.0 Å². The van der Waals surface area contributed by atoms with Gasteiger partial charge in [-0.3, -0.25) is 9.59 Å². The summed E-state index contributed by atoms with van der Waals surface area (Å²) in [5, 5.41) is 8.64. The number of fused-ring (bicyclic) bond motifs is 2. The Morgan fingerprint density at radius 2 is 1.93 bits per heavy atom. The number of hydrogen-bond acceptors (Lipinski definition) is 5. The van der Waals surface area contributed by atoms with E-state index in [0.29, 0.717) is 36.9 Å². The number of urea groups is 1. The normalized spacial score (nSPS) is 25.0. The van der Waals surface area contributed by atoms with Crippen molar-refractivity contribution < 1.29 is 23.9 Å². The molecule has 3 atom stereocenters. The molecule has 2 aliphatic heterocycles. The largest absolute Gasteiger partial charge is 0.486 e. The van der Waals surface area contributed by atoms with Crippen molar-refractivity contribution in [3.8, 4) is 11.5 Å². The highest BCUT2D eigenvalue weighted by molar-refractivity contribution is 5.97. The highest BCUT2D eigenvalue weighted by atomic mass is 16.6. The van der Waals surface area contributed by atoms with Crippen LogP contribution in [0, 0.1) is 0 Å². The van der Waals surface area contributed by atoms with E-state index in [0.717, 1.165) is 25.7 Å². The number of benzene rings is 1. The second kappa shape index (κ2) is 8.81. The molecular formula is C21H28N4O5. The summed E-state index contributed by atoms with van der Waals surface area (Å²) in [6.07, 6.45) is 3.59. The Morgan fingerprint density at radius 3 is 2.73 bits per heavy atom. The van der Waals surface area contributed by atoms with Gasteiger partial charge in [0.25, 0.3) is 0 Å². The van der Waals surface area contributed by atoms with Gasteiger partial charge in [0.15, 0.2) is 11.5 Å². The van der Waals surface area contributed by atoms with Crippen molar-refractivity contribution in [1.29, 1.82) is 0 Å². The predicted octanol–water partition coefficient (Wildman–Crippen LogP) is 1.63. The van der Waals surface area contributed by atoms with Crippen molar-refractivity contribution in [2.45, 2.75) is 57.2 Å². The SMILES string of the molecule is CCNC(=O)N1C(CC(=O)Nc2ccc3c(c2)OCCO3)C(=O)NC2CCCCC21. The minimum absolute atomic E-state index is 0.0500. The first-order chi connectivity index (χ1) is 14.6. The molecule has 0 aromatic heterocycles. The molecule has 2 fully saturated rings. The molecule has 1 saturated heterocycles. The molecule has 0 radical (unpaired) electrons. The summed E-state index contributed by atoms with van der Waals surface area (Å²) in [6, 6.07) is 3.90. The molecule has 3 unspecified atom stereocenters. The summed E-state index contributed by atoms with van der Waals surface area (Å²) < 4.78 is 11.0. The number of nitrogens with one attached hydrogen (secondary N) is 3. The quantitative estimate of drug-likeness (QED) is 0.691. The van der Waals surface area contributed by atoms with Gasteiger partial charge in [-0.1, -0.05) is 12.8 Å². The Balaban J connectivity index is 1.48. The van der Waals surface area contributed by atoms with Gasteiger partial charge in [0.1, 0.15) is 19.3 Å². The van der Waals surface area contributed by atoms with E-state index in [2.05, 4.69) is 16.0 Å². The van der Waals surface area contributed by atoms with Crippen LogP contribution in [-0.2, 0) is 9.59 Å². The van der Waals surface area contributed by atoms with Gasteiger partial charge in [0, 0.05) is 24.3 Å². The lowest BCUT2D eigenvalue weighted by molar-refractivity contribution is -0.135. The van der Waals surface area contributed by atoms with Crippen LogP contribution in [0.4, 0.5) is 10.5 Å². The van der Waals surface area contributed by atoms with Gasteiger partial charge in [-0.25, -0.2) is 4.79 Å². The standard InChI is InChI=1S/C21H28N4O5/c1-2-22-21(28)25-15-6-4-3-5-14(15)24-20(27)16(25)12-19(26)23-13-7-8-17-18(11-13)30-10-9-29-17/h7-8,11,14-16H,2-6,9-10,12H2,1H3,(H,22,28)(H,23,26)(H,24,27). The van der Waals surface area contributed by atoms with E-state index in [1.54, 1.807) is 23.1 Å². The highest BCUT2D eigenvalue weighted by Gasteiger charge is 2.45. The molecule has 1 aromatic carbocycles. The average Bonchev–Trinajstić information content (AvgIpc) is 2.74. The summed E-state index contributed by atoms with van der Waals surface area (Å²) in [4.78, 5) is 39.9. The van der Waals surface area contributed by atoms with Gasteiger partial charge in [-0.05, 0) is 31.9 Å². The lowest BCUT2D eigenvalue weighted by Gasteiger charge is -2.47. The van der Waals surface area contributed by atoms with Gasteiger partial charge < -0.3 is 30.3 Å². The summed E-state index contributed by atoms with van der Waals surface area (Å²) in [5.74, 6) is 0.595. The zero-order valence-electron chi connectivity index (χ0n) is 17.1. The number of piperazine rings is 1. The van der Waals surface area contributed by atoms with E-state index in [1.165, 1.54) is 0 Å².